The number of likely N-dealkylation sites (N-methyl/N-ethyl adjacent to an activating group) is 2. The summed E-state index contributed by atoms with van der Waals surface area (Å²) in [5.74, 6) is -5.52. The van der Waals surface area contributed by atoms with Crippen LogP contribution in [0.4, 0.5) is 0 Å². The molecule has 0 saturated carbocycles. The quantitative estimate of drug-likeness (QED) is 0.0343. The molecule has 14 heteroatoms. The van der Waals surface area contributed by atoms with Crippen LogP contribution in [0.1, 0.15) is 109 Å². The van der Waals surface area contributed by atoms with Gasteiger partial charge in [0, 0.05) is 12.0 Å². The molecule has 3 aliphatic rings. The number of nitrogens with zero attached hydrogens (tertiary/aromatic N) is 3. The third-order valence-corrected chi connectivity index (χ3v) is 14.9. The molecule has 2 N–H and O–H groups in total. The molecule has 3 aliphatic heterocycles. The molecule has 0 spiro atoms. The normalized spacial score (nSPS) is 23.7. The number of carbonyl (C=O) groups is 5. The van der Waals surface area contributed by atoms with Crippen molar-refractivity contribution in [3.63, 3.8) is 0 Å². The van der Waals surface area contributed by atoms with E-state index in [0.29, 0.717) is 22.1 Å². The molecule has 0 aromatic rings. The average Bonchev–Trinajstić information content (AvgIpc) is 3.77. The average molecular weight is 884 g/mol. The summed E-state index contributed by atoms with van der Waals surface area (Å²) >= 11 is 7.00. The Hall–Kier alpha value is -2.58. The number of hydrogen-bond donors (Lipinski definition) is 1. The van der Waals surface area contributed by atoms with Gasteiger partial charge in [-0.15, -0.1) is 11.6 Å². The van der Waals surface area contributed by atoms with Gasteiger partial charge in [0.25, 0.3) is 0 Å². The molecule has 3 heterocycles. The molecular weight excluding hydrogens is 800 g/mol. The van der Waals surface area contributed by atoms with Gasteiger partial charge in [-0.25, -0.2) is 0 Å². The number of carbonyl (C=O) groups excluding carboxylic acids is 5. The van der Waals surface area contributed by atoms with Crippen molar-refractivity contribution in [1.82, 2.24) is 4.90 Å². The van der Waals surface area contributed by atoms with Crippen molar-refractivity contribution in [3.05, 3.63) is 12.2 Å². The first-order chi connectivity index (χ1) is 27.4. The number of ether oxygens (including phenoxy) is 4. The summed E-state index contributed by atoms with van der Waals surface area (Å²) in [5.41, 5.74) is 4.42. The summed E-state index contributed by atoms with van der Waals surface area (Å²) in [4.78, 5) is 68.4. The van der Waals surface area contributed by atoms with Crippen LogP contribution in [0.15, 0.2) is 12.2 Å². The Morgan fingerprint density at radius 1 is 0.738 bits per heavy atom. The van der Waals surface area contributed by atoms with Gasteiger partial charge < -0.3 is 33.6 Å². The molecule has 0 radical (unpaired) electrons. The van der Waals surface area contributed by atoms with Crippen LogP contribution in [-0.2, 0) is 42.9 Å². The monoisotopic (exact) mass is 883 g/mol. The Kier molecular flexibility index (Phi) is 16.0. The molecule has 8 unspecified atom stereocenters. The number of hydrogen-bond acceptors (Lipinski definition) is 10. The second kappa shape index (κ2) is 18.5. The third kappa shape index (κ3) is 12.6. The van der Waals surface area contributed by atoms with Crippen LogP contribution in [0, 0.1) is 45.8 Å². The number of esters is 3. The topological polar surface area (TPSA) is 152 Å². The van der Waals surface area contributed by atoms with Gasteiger partial charge in [0.1, 0.15) is 32.9 Å². The van der Waals surface area contributed by atoms with Crippen molar-refractivity contribution in [1.29, 1.82) is 0 Å². The summed E-state index contributed by atoms with van der Waals surface area (Å²) in [6, 6.07) is 0. The van der Waals surface area contributed by atoms with E-state index in [4.69, 9.17) is 36.3 Å². The van der Waals surface area contributed by atoms with E-state index in [1.165, 1.54) is 4.90 Å². The molecule has 2 saturated heterocycles. The number of quaternary nitrogens is 2. The van der Waals surface area contributed by atoms with Gasteiger partial charge in [0.15, 0.2) is 0 Å². The smallest absolute Gasteiger partial charge is 0.311 e. The largest absolute Gasteiger partial charge is 0.464 e. The number of likely N-dealkylation sites (tertiary alicyclic amines) is 1. The van der Waals surface area contributed by atoms with E-state index >= 15 is 0 Å². The van der Waals surface area contributed by atoms with Crippen LogP contribution in [0.2, 0.25) is 0 Å². The molecule has 0 aromatic heterocycles. The van der Waals surface area contributed by atoms with Crippen LogP contribution in [0.3, 0.4) is 0 Å². The zero-order valence-corrected chi connectivity index (χ0v) is 41.8. The molecule has 350 valence electrons. The van der Waals surface area contributed by atoms with Crippen molar-refractivity contribution in [3.8, 4) is 0 Å². The fourth-order valence-electron chi connectivity index (χ4n) is 9.13. The fraction of sp³-hybridized carbons (Fsp3) is 0.851. The molecular formula is C47H83ClN4O9+2. The molecule has 0 aromatic carbocycles. The molecule has 2 fully saturated rings. The SMILES string of the molecule is CC(C(=O)OCCN1C(=O)C2C3C=CC(O3)C2C1=O)C(C)(C)CC(C(=O)OCC[N+](C)(C)C)C(C)(N)C(C)(C)CC(C(=O)OCC[N+](C)(C)C(C)(C)CC(C)(C)C)C(C)(C)Cl. The maximum absolute atomic E-state index is 14.3. The minimum atomic E-state index is -1.27. The lowest BCUT2D eigenvalue weighted by Gasteiger charge is -2.50. The predicted molar refractivity (Wildman–Crippen MR) is 238 cm³/mol. The highest BCUT2D eigenvalue weighted by Crippen LogP contribution is 2.49. The molecule has 8 atom stereocenters. The summed E-state index contributed by atoms with van der Waals surface area (Å²) in [5, 5.41) is 0. The van der Waals surface area contributed by atoms with Crippen molar-refractivity contribution in [2.45, 2.75) is 137 Å². The number of fused-ring (bicyclic) bond motifs is 5. The van der Waals surface area contributed by atoms with Crippen molar-refractivity contribution < 1.29 is 51.9 Å². The standard InChI is InChI=1S/C47H83ClN4O9/c1-30(39(55)58-24-21-50-37(53)35-33-19-20-34(61-33)36(35)38(50)54)43(5,6)27-32(41(57)59-25-22-51(14,15)16)47(13,49)44(7,8)28-31(46(11,12)48)40(56)60-26-23-52(17,18)45(9,10)29-42(2,3)4/h19-20,30-36H,21-29,49H2,1-18H3/q+2. The third-order valence-electron chi connectivity index (χ3n) is 14.6. The number of nitrogens with two attached hydrogens (primary N) is 1. The van der Waals surface area contributed by atoms with E-state index < -0.39 is 80.9 Å². The predicted octanol–water partition coefficient (Wildman–Crippen LogP) is 5.99. The van der Waals surface area contributed by atoms with Gasteiger partial charge in [-0.3, -0.25) is 28.9 Å². The zero-order valence-electron chi connectivity index (χ0n) is 41.0. The number of alkyl halides is 1. The highest BCUT2D eigenvalue weighted by molar-refractivity contribution is 6.24. The van der Waals surface area contributed by atoms with Gasteiger partial charge in [-0.2, -0.15) is 0 Å². The minimum absolute atomic E-state index is 0.0497. The Labute approximate surface area is 372 Å². The van der Waals surface area contributed by atoms with Crippen molar-refractivity contribution >= 4 is 41.3 Å². The molecule has 61 heavy (non-hydrogen) atoms. The number of halogens is 1. The summed E-state index contributed by atoms with van der Waals surface area (Å²) in [7, 11) is 10.3. The molecule has 2 bridgehead atoms. The maximum atomic E-state index is 14.3. The summed E-state index contributed by atoms with van der Waals surface area (Å²) in [6.07, 6.45) is 4.21. The summed E-state index contributed by atoms with van der Waals surface area (Å²) in [6.45, 7) is 27.3. The van der Waals surface area contributed by atoms with Gasteiger partial charge in [0.2, 0.25) is 11.8 Å². The Morgan fingerprint density at radius 2 is 1.20 bits per heavy atom. The van der Waals surface area contributed by atoms with Crippen LogP contribution >= 0.6 is 11.6 Å². The van der Waals surface area contributed by atoms with E-state index in [-0.39, 0.29) is 62.0 Å². The van der Waals surface area contributed by atoms with Gasteiger partial charge in [0.05, 0.1) is 94.0 Å². The van der Waals surface area contributed by atoms with Gasteiger partial charge in [-0.1, -0.05) is 67.5 Å². The molecule has 3 rings (SSSR count). The van der Waals surface area contributed by atoms with Crippen LogP contribution in [0.5, 0.6) is 0 Å². The van der Waals surface area contributed by atoms with E-state index in [0.717, 1.165) is 6.42 Å². The lowest BCUT2D eigenvalue weighted by molar-refractivity contribution is -0.939. The van der Waals surface area contributed by atoms with E-state index in [1.54, 1.807) is 20.8 Å². The van der Waals surface area contributed by atoms with Crippen LogP contribution in [0.25, 0.3) is 0 Å². The van der Waals surface area contributed by atoms with Crippen molar-refractivity contribution in [2.24, 2.45) is 51.6 Å². The highest BCUT2D eigenvalue weighted by atomic mass is 35.5. The zero-order chi connectivity index (χ0) is 47.1. The Balaban J connectivity index is 1.78. The lowest BCUT2D eigenvalue weighted by atomic mass is 9.58. The van der Waals surface area contributed by atoms with E-state index in [2.05, 4.69) is 48.7 Å². The second-order valence-electron chi connectivity index (χ2n) is 23.8. The minimum Gasteiger partial charge on any atom is -0.464 e. The number of rotatable bonds is 22. The first-order valence-corrected chi connectivity index (χ1v) is 22.5. The van der Waals surface area contributed by atoms with E-state index in [9.17, 15) is 24.0 Å². The van der Waals surface area contributed by atoms with Gasteiger partial charge >= 0.3 is 17.9 Å². The fourth-order valence-corrected chi connectivity index (χ4v) is 9.29. The van der Waals surface area contributed by atoms with Gasteiger partial charge in [-0.05, 0) is 63.7 Å². The molecule has 13 nitrogen and oxygen atoms in total. The molecule has 2 amide bonds. The van der Waals surface area contributed by atoms with Crippen LogP contribution in [-0.4, -0.2) is 146 Å². The maximum Gasteiger partial charge on any atom is 0.311 e. The van der Waals surface area contributed by atoms with Crippen molar-refractivity contribution in [2.75, 3.05) is 74.7 Å². The highest BCUT2D eigenvalue weighted by Gasteiger charge is 2.60. The molecule has 0 aliphatic carbocycles. The first kappa shape index (κ1) is 52.8. The Bertz CT molecular complexity index is 1620. The summed E-state index contributed by atoms with van der Waals surface area (Å²) < 4.78 is 24.6. The van der Waals surface area contributed by atoms with Crippen LogP contribution < -0.4 is 5.73 Å². The second-order valence-corrected chi connectivity index (χ2v) is 24.7. The number of amides is 2. The first-order valence-electron chi connectivity index (χ1n) is 22.2. The van der Waals surface area contributed by atoms with E-state index in [1.807, 2.05) is 67.9 Å². The Morgan fingerprint density at radius 3 is 1.66 bits per heavy atom. The lowest BCUT2D eigenvalue weighted by Crippen LogP contribution is -2.61. The number of imide groups is 1.